The van der Waals surface area contributed by atoms with Crippen LogP contribution in [0.2, 0.25) is 0 Å². The molecule has 1 fully saturated rings. The van der Waals surface area contributed by atoms with Gasteiger partial charge >= 0.3 is 0 Å². The molecule has 0 saturated heterocycles. The van der Waals surface area contributed by atoms with Crippen LogP contribution in [0.5, 0.6) is 0 Å². The highest BCUT2D eigenvalue weighted by Crippen LogP contribution is 2.32. The molecule has 0 aliphatic heterocycles. The first kappa shape index (κ1) is 18.5. The minimum Gasteiger partial charge on any atom is -0.352 e. The number of hydrogen-bond acceptors (Lipinski definition) is 4. The van der Waals surface area contributed by atoms with Gasteiger partial charge in [-0.25, -0.2) is 14.9 Å². The van der Waals surface area contributed by atoms with Crippen LogP contribution in [0.1, 0.15) is 28.8 Å². The number of amides is 1. The third kappa shape index (κ3) is 3.60. The lowest BCUT2D eigenvalue weighted by Gasteiger charge is -2.16. The number of hydroxylamine groups is 1. The number of anilines is 2. The minimum atomic E-state index is -0.596. The van der Waals surface area contributed by atoms with Crippen molar-refractivity contribution in [2.75, 3.05) is 11.9 Å². The number of hydrogen-bond donors (Lipinski definition) is 2. The van der Waals surface area contributed by atoms with Gasteiger partial charge in [-0.05, 0) is 43.4 Å². The molecule has 2 aromatic carbocycles. The number of fused-ring (bicyclic) bond motifs is 1. The Morgan fingerprint density at radius 3 is 2.89 bits per heavy atom. The number of carbonyl (C=O) groups excluding carboxylic acids is 1. The quantitative estimate of drug-likeness (QED) is 0.511. The van der Waals surface area contributed by atoms with Gasteiger partial charge in [-0.15, -0.1) is 0 Å². The Morgan fingerprint density at radius 1 is 1.39 bits per heavy atom. The lowest BCUT2D eigenvalue weighted by molar-refractivity contribution is 0.0271. The van der Waals surface area contributed by atoms with Crippen molar-refractivity contribution >= 4 is 41.6 Å². The molecule has 3 aromatic rings. The summed E-state index contributed by atoms with van der Waals surface area (Å²) in [6, 6.07) is 6.84. The van der Waals surface area contributed by atoms with Crippen LogP contribution in [0.25, 0.3) is 11.0 Å². The van der Waals surface area contributed by atoms with Crippen LogP contribution in [0.15, 0.2) is 30.6 Å². The van der Waals surface area contributed by atoms with Crippen LogP contribution in [0.4, 0.5) is 15.8 Å². The number of carbonyl (C=O) groups is 1. The molecule has 6 nitrogen and oxygen atoms in total. The molecule has 2 radical (unpaired) electrons. The summed E-state index contributed by atoms with van der Waals surface area (Å²) in [5.41, 5.74) is 5.41. The summed E-state index contributed by atoms with van der Waals surface area (Å²) in [4.78, 5) is 22.1. The second kappa shape index (κ2) is 7.28. The molecule has 1 heterocycles. The molecular weight excluding hydrogens is 358 g/mol. The number of rotatable bonds is 6. The standard InChI is InChI=1S/C20H20BFN4O2/c1-11-7-13(21)5-6-15(11)24-18-14(20(27)25-28-9-12-3-4-12)8-16-19(17(18)22)23-10-26(16)2/h5-8,10,12,24H,3-4,9H2,1-2H3,(H,25,27). The largest absolute Gasteiger partial charge is 0.352 e. The molecular formula is C20H20BFN4O2. The molecule has 1 amide bonds. The normalized spacial score (nSPS) is 13.7. The van der Waals surface area contributed by atoms with Gasteiger partial charge in [-0.2, -0.15) is 0 Å². The van der Waals surface area contributed by atoms with Crippen LogP contribution in [-0.2, 0) is 11.9 Å². The van der Waals surface area contributed by atoms with Crippen molar-refractivity contribution < 1.29 is 14.0 Å². The van der Waals surface area contributed by atoms with Crippen LogP contribution < -0.4 is 16.3 Å². The number of halogens is 1. The molecule has 1 aromatic heterocycles. The van der Waals surface area contributed by atoms with Crippen LogP contribution in [0.3, 0.4) is 0 Å². The third-order valence-electron chi connectivity index (χ3n) is 4.90. The molecule has 0 spiro atoms. The zero-order valence-corrected chi connectivity index (χ0v) is 15.8. The smallest absolute Gasteiger partial charge is 0.277 e. The molecule has 28 heavy (non-hydrogen) atoms. The molecule has 1 aliphatic carbocycles. The summed E-state index contributed by atoms with van der Waals surface area (Å²) >= 11 is 0. The summed E-state index contributed by atoms with van der Waals surface area (Å²) in [5, 5.41) is 3.03. The predicted molar refractivity (Wildman–Crippen MR) is 107 cm³/mol. The maximum Gasteiger partial charge on any atom is 0.277 e. The molecule has 4 rings (SSSR count). The lowest BCUT2D eigenvalue weighted by Crippen LogP contribution is -2.26. The average Bonchev–Trinajstić information content (AvgIpc) is 3.40. The van der Waals surface area contributed by atoms with Crippen molar-refractivity contribution in [3.63, 3.8) is 0 Å². The summed E-state index contributed by atoms with van der Waals surface area (Å²) in [6.45, 7) is 2.32. The van der Waals surface area contributed by atoms with Crippen molar-refractivity contribution in [2.45, 2.75) is 19.8 Å². The van der Waals surface area contributed by atoms with Crippen LogP contribution >= 0.6 is 0 Å². The Kier molecular flexibility index (Phi) is 4.81. The fourth-order valence-corrected chi connectivity index (χ4v) is 3.05. The monoisotopic (exact) mass is 378 g/mol. The van der Waals surface area contributed by atoms with E-state index < -0.39 is 11.7 Å². The van der Waals surface area contributed by atoms with Gasteiger partial charge < -0.3 is 9.88 Å². The average molecular weight is 378 g/mol. The maximum absolute atomic E-state index is 15.3. The highest BCUT2D eigenvalue weighted by Gasteiger charge is 2.24. The van der Waals surface area contributed by atoms with Gasteiger partial charge in [-0.3, -0.25) is 9.63 Å². The fraction of sp³-hybridized carbons (Fsp3) is 0.300. The first-order valence-corrected chi connectivity index (χ1v) is 9.13. The summed E-state index contributed by atoms with van der Waals surface area (Å²) in [7, 11) is 7.54. The van der Waals surface area contributed by atoms with E-state index in [2.05, 4.69) is 15.8 Å². The highest BCUT2D eigenvalue weighted by atomic mass is 19.1. The van der Waals surface area contributed by atoms with Gasteiger partial charge in [0.15, 0.2) is 5.82 Å². The van der Waals surface area contributed by atoms with Crippen molar-refractivity contribution in [3.05, 3.63) is 47.5 Å². The zero-order valence-electron chi connectivity index (χ0n) is 15.8. The summed E-state index contributed by atoms with van der Waals surface area (Å²) < 4.78 is 16.9. The lowest BCUT2D eigenvalue weighted by atomic mass is 9.94. The number of aryl methyl sites for hydroxylation is 2. The van der Waals surface area contributed by atoms with Gasteiger partial charge in [0.2, 0.25) is 0 Å². The first-order valence-electron chi connectivity index (χ1n) is 9.13. The number of nitrogens with zero attached hydrogens (tertiary/aromatic N) is 2. The summed E-state index contributed by atoms with van der Waals surface area (Å²) in [6.07, 6.45) is 3.72. The molecule has 8 heteroatoms. The van der Waals surface area contributed by atoms with Crippen molar-refractivity contribution in [1.82, 2.24) is 15.0 Å². The van der Waals surface area contributed by atoms with Crippen LogP contribution in [-0.4, -0.2) is 29.9 Å². The Labute approximate surface area is 163 Å². The SMILES string of the molecule is [B]c1ccc(Nc2c(C(=O)NOCC3CC3)cc3c(ncn3C)c2F)c(C)c1. The molecule has 0 unspecified atom stereocenters. The maximum atomic E-state index is 15.3. The predicted octanol–water partition coefficient (Wildman–Crippen LogP) is 2.63. The van der Waals surface area contributed by atoms with Gasteiger partial charge in [0.25, 0.3) is 5.91 Å². The summed E-state index contributed by atoms with van der Waals surface area (Å²) in [5.74, 6) is -0.619. The number of aromatic nitrogens is 2. The Bertz CT molecular complexity index is 1060. The van der Waals surface area contributed by atoms with E-state index in [4.69, 9.17) is 12.7 Å². The topological polar surface area (TPSA) is 68.2 Å². The van der Waals surface area contributed by atoms with Gasteiger partial charge in [0.1, 0.15) is 13.4 Å². The Balaban J connectivity index is 1.73. The van der Waals surface area contributed by atoms with E-state index in [9.17, 15) is 4.79 Å². The van der Waals surface area contributed by atoms with Crippen molar-refractivity contribution in [2.24, 2.45) is 13.0 Å². The number of benzene rings is 2. The molecule has 0 bridgehead atoms. The molecule has 1 aliphatic rings. The number of nitrogens with one attached hydrogen (secondary N) is 2. The van der Waals surface area contributed by atoms with Gasteiger partial charge in [-0.1, -0.05) is 17.6 Å². The molecule has 0 atom stereocenters. The minimum absolute atomic E-state index is 0.0478. The molecule has 2 N–H and O–H groups in total. The molecule has 142 valence electrons. The van der Waals surface area contributed by atoms with Gasteiger partial charge in [0, 0.05) is 12.7 Å². The second-order valence-corrected chi connectivity index (χ2v) is 7.22. The third-order valence-corrected chi connectivity index (χ3v) is 4.90. The first-order chi connectivity index (χ1) is 13.4. The van der Waals surface area contributed by atoms with E-state index >= 15 is 4.39 Å². The van der Waals surface area contributed by atoms with E-state index in [0.29, 0.717) is 29.2 Å². The second-order valence-electron chi connectivity index (χ2n) is 7.22. The van der Waals surface area contributed by atoms with E-state index in [-0.39, 0.29) is 16.8 Å². The van der Waals surface area contributed by atoms with Crippen molar-refractivity contribution in [3.8, 4) is 0 Å². The van der Waals surface area contributed by atoms with E-state index in [1.807, 2.05) is 6.92 Å². The zero-order chi connectivity index (χ0) is 19.8. The van der Waals surface area contributed by atoms with Crippen LogP contribution in [0, 0.1) is 18.7 Å². The Hall–Kier alpha value is -2.87. The van der Waals surface area contributed by atoms with E-state index in [1.165, 1.54) is 6.33 Å². The fourth-order valence-electron chi connectivity index (χ4n) is 3.05. The molecule has 1 saturated carbocycles. The highest BCUT2D eigenvalue weighted by molar-refractivity contribution is 6.32. The van der Waals surface area contributed by atoms with Gasteiger partial charge in [0.05, 0.1) is 29.7 Å². The Morgan fingerprint density at radius 2 is 2.18 bits per heavy atom. The van der Waals surface area contributed by atoms with E-state index in [0.717, 1.165) is 18.4 Å². The van der Waals surface area contributed by atoms with Crippen molar-refractivity contribution in [1.29, 1.82) is 0 Å². The van der Waals surface area contributed by atoms with E-state index in [1.54, 1.807) is 35.9 Å². The number of imidazole rings is 1.